The van der Waals surface area contributed by atoms with E-state index in [1.54, 1.807) is 0 Å². The fraction of sp³-hybridized carbons (Fsp3) is 0.688. The summed E-state index contributed by atoms with van der Waals surface area (Å²) in [6.07, 6.45) is 11.1. The smallest absolute Gasteiger partial charge is 0.0466 e. The quantitative estimate of drug-likeness (QED) is 0.527. The molecule has 3 nitrogen and oxygen atoms in total. The van der Waals surface area contributed by atoms with E-state index in [0.717, 1.165) is 18.8 Å². The summed E-state index contributed by atoms with van der Waals surface area (Å²) in [7, 11) is 0. The van der Waals surface area contributed by atoms with E-state index in [1.165, 1.54) is 36.8 Å². The van der Waals surface area contributed by atoms with Crippen LogP contribution in [0.25, 0.3) is 0 Å². The molecule has 0 aliphatic carbocycles. The standard InChI is InChI=1S/C16H29N3/c1-4-7-8-13(5-2)11-16(19-17)15-9-10-18-12-14(15)6-3/h9-10,12-13,16,19H,4-8,11,17H2,1-3H3. The summed E-state index contributed by atoms with van der Waals surface area (Å²) >= 11 is 0. The molecule has 1 aromatic rings. The molecule has 0 radical (unpaired) electrons. The van der Waals surface area contributed by atoms with Crippen LogP contribution in [0.3, 0.4) is 0 Å². The zero-order valence-electron chi connectivity index (χ0n) is 12.7. The third-order valence-corrected chi connectivity index (χ3v) is 4.01. The molecule has 0 aromatic carbocycles. The summed E-state index contributed by atoms with van der Waals surface area (Å²) < 4.78 is 0. The van der Waals surface area contributed by atoms with Crippen molar-refractivity contribution in [1.82, 2.24) is 10.4 Å². The molecule has 0 aliphatic heterocycles. The van der Waals surface area contributed by atoms with Crippen molar-refractivity contribution in [2.24, 2.45) is 11.8 Å². The molecule has 1 heterocycles. The summed E-state index contributed by atoms with van der Waals surface area (Å²) in [6.45, 7) is 6.70. The Kier molecular flexibility index (Phi) is 7.68. The molecule has 0 amide bonds. The zero-order valence-corrected chi connectivity index (χ0v) is 12.7. The Balaban J connectivity index is 2.75. The van der Waals surface area contributed by atoms with Crippen LogP contribution in [0.2, 0.25) is 0 Å². The molecular weight excluding hydrogens is 234 g/mol. The van der Waals surface area contributed by atoms with Crippen molar-refractivity contribution in [3.05, 3.63) is 29.6 Å². The number of hydrazine groups is 1. The van der Waals surface area contributed by atoms with E-state index in [0.29, 0.717) is 0 Å². The normalized spacial score (nSPS) is 14.3. The van der Waals surface area contributed by atoms with Crippen LogP contribution in [-0.4, -0.2) is 4.98 Å². The van der Waals surface area contributed by atoms with Crippen LogP contribution in [0.15, 0.2) is 18.5 Å². The van der Waals surface area contributed by atoms with Gasteiger partial charge in [0.05, 0.1) is 0 Å². The highest BCUT2D eigenvalue weighted by Crippen LogP contribution is 2.28. The maximum Gasteiger partial charge on any atom is 0.0466 e. The first-order valence-electron chi connectivity index (χ1n) is 7.65. The van der Waals surface area contributed by atoms with Gasteiger partial charge in [-0.05, 0) is 36.0 Å². The van der Waals surface area contributed by atoms with Crippen LogP contribution in [-0.2, 0) is 6.42 Å². The van der Waals surface area contributed by atoms with Gasteiger partial charge in [0.1, 0.15) is 0 Å². The number of nitrogens with one attached hydrogen (secondary N) is 1. The third-order valence-electron chi connectivity index (χ3n) is 4.01. The van der Waals surface area contributed by atoms with E-state index < -0.39 is 0 Å². The summed E-state index contributed by atoms with van der Waals surface area (Å²) in [6, 6.07) is 2.36. The minimum atomic E-state index is 0.250. The Labute approximate surface area is 118 Å². The number of hydrogen-bond acceptors (Lipinski definition) is 3. The molecular formula is C16H29N3. The predicted octanol–water partition coefficient (Wildman–Crippen LogP) is 3.75. The number of nitrogens with zero attached hydrogens (tertiary/aromatic N) is 1. The maximum absolute atomic E-state index is 5.79. The number of aryl methyl sites for hydroxylation is 1. The average molecular weight is 263 g/mol. The number of nitrogens with two attached hydrogens (primary N) is 1. The molecule has 19 heavy (non-hydrogen) atoms. The predicted molar refractivity (Wildman–Crippen MR) is 81.6 cm³/mol. The van der Waals surface area contributed by atoms with Gasteiger partial charge in [0, 0.05) is 18.4 Å². The van der Waals surface area contributed by atoms with Crippen molar-refractivity contribution in [2.45, 2.75) is 65.3 Å². The lowest BCUT2D eigenvalue weighted by molar-refractivity contribution is 0.355. The molecule has 2 atom stereocenters. The number of pyridine rings is 1. The molecule has 2 unspecified atom stereocenters. The average Bonchev–Trinajstić information content (AvgIpc) is 2.47. The largest absolute Gasteiger partial charge is 0.271 e. The Morgan fingerprint density at radius 3 is 2.68 bits per heavy atom. The minimum absolute atomic E-state index is 0.250. The molecule has 108 valence electrons. The molecule has 0 spiro atoms. The molecule has 0 saturated heterocycles. The van der Waals surface area contributed by atoms with Crippen molar-refractivity contribution in [1.29, 1.82) is 0 Å². The molecule has 0 bridgehead atoms. The molecule has 3 heteroatoms. The second-order valence-electron chi connectivity index (χ2n) is 5.30. The van der Waals surface area contributed by atoms with Crippen LogP contribution in [0, 0.1) is 5.92 Å². The van der Waals surface area contributed by atoms with Gasteiger partial charge in [0.15, 0.2) is 0 Å². The van der Waals surface area contributed by atoms with Crippen molar-refractivity contribution in [2.75, 3.05) is 0 Å². The van der Waals surface area contributed by atoms with Crippen LogP contribution in [0.1, 0.15) is 70.0 Å². The summed E-state index contributed by atoms with van der Waals surface area (Å²) in [5, 5.41) is 0. The van der Waals surface area contributed by atoms with Crippen LogP contribution in [0.4, 0.5) is 0 Å². The summed E-state index contributed by atoms with van der Waals surface area (Å²) in [4.78, 5) is 4.21. The SMILES string of the molecule is CCCCC(CC)CC(NN)c1ccncc1CC. The first-order chi connectivity index (χ1) is 9.26. The van der Waals surface area contributed by atoms with Crippen LogP contribution < -0.4 is 11.3 Å². The van der Waals surface area contributed by atoms with Gasteiger partial charge in [-0.2, -0.15) is 0 Å². The second-order valence-corrected chi connectivity index (χ2v) is 5.30. The van der Waals surface area contributed by atoms with Gasteiger partial charge in [0.2, 0.25) is 0 Å². The Bertz CT molecular complexity index is 352. The number of hydrogen-bond donors (Lipinski definition) is 2. The topological polar surface area (TPSA) is 50.9 Å². The third kappa shape index (κ3) is 4.92. The van der Waals surface area contributed by atoms with Gasteiger partial charge >= 0.3 is 0 Å². The summed E-state index contributed by atoms with van der Waals surface area (Å²) in [5.74, 6) is 6.54. The van der Waals surface area contributed by atoms with E-state index in [-0.39, 0.29) is 6.04 Å². The monoisotopic (exact) mass is 263 g/mol. The molecule has 1 rings (SSSR count). The first kappa shape index (κ1) is 16.1. The van der Waals surface area contributed by atoms with Gasteiger partial charge in [-0.3, -0.25) is 16.3 Å². The van der Waals surface area contributed by atoms with Gasteiger partial charge in [-0.1, -0.05) is 46.5 Å². The van der Waals surface area contributed by atoms with Crippen molar-refractivity contribution >= 4 is 0 Å². The van der Waals surface area contributed by atoms with Crippen molar-refractivity contribution in [3.63, 3.8) is 0 Å². The minimum Gasteiger partial charge on any atom is -0.271 e. The van der Waals surface area contributed by atoms with Crippen LogP contribution in [0.5, 0.6) is 0 Å². The second kappa shape index (κ2) is 9.05. The lowest BCUT2D eigenvalue weighted by atomic mass is 9.88. The maximum atomic E-state index is 5.79. The first-order valence-corrected chi connectivity index (χ1v) is 7.65. The van der Waals surface area contributed by atoms with Crippen molar-refractivity contribution < 1.29 is 0 Å². The van der Waals surface area contributed by atoms with Crippen LogP contribution >= 0.6 is 0 Å². The van der Waals surface area contributed by atoms with E-state index in [9.17, 15) is 0 Å². The van der Waals surface area contributed by atoms with E-state index in [4.69, 9.17) is 5.84 Å². The van der Waals surface area contributed by atoms with Gasteiger partial charge in [0.25, 0.3) is 0 Å². The lowest BCUT2D eigenvalue weighted by Gasteiger charge is -2.24. The lowest BCUT2D eigenvalue weighted by Crippen LogP contribution is -2.30. The molecule has 0 saturated carbocycles. The highest BCUT2D eigenvalue weighted by molar-refractivity contribution is 5.26. The highest BCUT2D eigenvalue weighted by atomic mass is 15.2. The van der Waals surface area contributed by atoms with Gasteiger partial charge in [-0.25, -0.2) is 0 Å². The fourth-order valence-corrected chi connectivity index (χ4v) is 2.67. The Hall–Kier alpha value is -0.930. The molecule has 1 aromatic heterocycles. The Morgan fingerprint density at radius 2 is 2.11 bits per heavy atom. The fourth-order valence-electron chi connectivity index (χ4n) is 2.67. The summed E-state index contributed by atoms with van der Waals surface area (Å²) in [5.41, 5.74) is 5.62. The number of aromatic nitrogens is 1. The van der Waals surface area contributed by atoms with Gasteiger partial charge < -0.3 is 0 Å². The number of unbranched alkanes of at least 4 members (excludes halogenated alkanes) is 1. The number of rotatable bonds is 9. The van der Waals surface area contributed by atoms with Gasteiger partial charge in [-0.15, -0.1) is 0 Å². The molecule has 3 N–H and O–H groups in total. The van der Waals surface area contributed by atoms with Crippen molar-refractivity contribution in [3.8, 4) is 0 Å². The molecule has 0 fully saturated rings. The van der Waals surface area contributed by atoms with E-state index in [1.807, 2.05) is 12.4 Å². The zero-order chi connectivity index (χ0) is 14.1. The highest BCUT2D eigenvalue weighted by Gasteiger charge is 2.17. The van der Waals surface area contributed by atoms with E-state index >= 15 is 0 Å². The Morgan fingerprint density at radius 1 is 1.32 bits per heavy atom. The van der Waals surface area contributed by atoms with E-state index in [2.05, 4.69) is 37.2 Å². The molecule has 0 aliphatic rings.